The van der Waals surface area contributed by atoms with Crippen molar-refractivity contribution in [3.05, 3.63) is 28.7 Å². The van der Waals surface area contributed by atoms with Gasteiger partial charge in [-0.05, 0) is 13.0 Å². The topological polar surface area (TPSA) is 96.2 Å². The van der Waals surface area contributed by atoms with Gasteiger partial charge in [0.15, 0.2) is 11.4 Å². The lowest BCUT2D eigenvalue weighted by atomic mass is 9.92. The second kappa shape index (κ2) is 4.89. The highest BCUT2D eigenvalue weighted by Crippen LogP contribution is 2.22. The first-order chi connectivity index (χ1) is 7.44. The summed E-state index contributed by atoms with van der Waals surface area (Å²) in [6.07, 6.45) is 3.95. The Morgan fingerprint density at radius 3 is 2.94 bits per heavy atom. The van der Waals surface area contributed by atoms with E-state index in [1.807, 2.05) is 0 Å². The molecule has 0 aliphatic heterocycles. The van der Waals surface area contributed by atoms with Crippen molar-refractivity contribution in [1.29, 1.82) is 0 Å². The van der Waals surface area contributed by atoms with Crippen molar-refractivity contribution in [2.45, 2.75) is 31.5 Å². The fraction of sp³-hybridized carbons (Fsp3) is 0.500. The van der Waals surface area contributed by atoms with Gasteiger partial charge >= 0.3 is 5.97 Å². The molecule has 0 heterocycles. The summed E-state index contributed by atoms with van der Waals surface area (Å²) >= 11 is 0. The zero-order valence-electron chi connectivity index (χ0n) is 8.79. The fourth-order valence-electron chi connectivity index (χ4n) is 1.46. The van der Waals surface area contributed by atoms with Crippen LogP contribution >= 0.6 is 0 Å². The van der Waals surface area contributed by atoms with Crippen molar-refractivity contribution in [3.8, 4) is 0 Å². The van der Waals surface area contributed by atoms with Crippen LogP contribution in [-0.4, -0.2) is 27.9 Å². The lowest BCUT2D eigenvalue weighted by Gasteiger charge is -2.22. The summed E-state index contributed by atoms with van der Waals surface area (Å²) in [6, 6.07) is 0. The van der Waals surface area contributed by atoms with Crippen LogP contribution in [0.25, 0.3) is 0 Å². The van der Waals surface area contributed by atoms with Gasteiger partial charge in [0.05, 0.1) is 5.60 Å². The predicted octanol–water partition coefficient (Wildman–Crippen LogP) is 1.17. The summed E-state index contributed by atoms with van der Waals surface area (Å²) in [5.74, 6) is -1.09. The van der Waals surface area contributed by atoms with E-state index in [0.717, 1.165) is 0 Å². The molecule has 0 saturated carbocycles. The normalized spacial score (nSPS) is 29.9. The van der Waals surface area contributed by atoms with Crippen LogP contribution in [0.2, 0.25) is 0 Å². The van der Waals surface area contributed by atoms with Crippen molar-refractivity contribution in [3.63, 3.8) is 0 Å². The van der Waals surface area contributed by atoms with Crippen molar-refractivity contribution < 1.29 is 19.8 Å². The van der Waals surface area contributed by atoms with Gasteiger partial charge in [0.25, 0.3) is 0 Å². The van der Waals surface area contributed by atoms with Crippen LogP contribution in [0.15, 0.2) is 29.1 Å². The zero-order valence-corrected chi connectivity index (χ0v) is 8.79. The fourth-order valence-corrected chi connectivity index (χ4v) is 1.46. The van der Waals surface area contributed by atoms with Gasteiger partial charge in [-0.3, -0.25) is 0 Å². The van der Waals surface area contributed by atoms with Crippen LogP contribution in [0, 0.1) is 4.91 Å². The minimum Gasteiger partial charge on any atom is -0.478 e. The van der Waals surface area contributed by atoms with E-state index in [1.165, 1.54) is 25.2 Å². The highest BCUT2D eigenvalue weighted by atomic mass is 16.7. The Bertz CT molecular complexity index is 345. The molecule has 0 bridgehead atoms. The van der Waals surface area contributed by atoms with E-state index >= 15 is 0 Å². The maximum absolute atomic E-state index is 10.8. The van der Waals surface area contributed by atoms with Crippen LogP contribution in [0.4, 0.5) is 0 Å². The quantitative estimate of drug-likeness (QED) is 0.428. The molecule has 0 fully saturated rings. The lowest BCUT2D eigenvalue weighted by Crippen LogP contribution is -2.26. The van der Waals surface area contributed by atoms with Gasteiger partial charge in [0.1, 0.15) is 0 Å². The van der Waals surface area contributed by atoms with E-state index in [2.05, 4.69) is 10.2 Å². The predicted molar refractivity (Wildman–Crippen MR) is 55.4 cm³/mol. The SMILES string of the molecule is C[C@]1(O)C=CC(ON=O)CC=C(C(=O)O)C1. The molecule has 1 aliphatic rings. The third kappa shape index (κ3) is 3.47. The van der Waals surface area contributed by atoms with E-state index in [0.29, 0.717) is 0 Å². The average molecular weight is 227 g/mol. The number of carboxylic acids is 1. The Hall–Kier alpha value is -1.69. The minimum atomic E-state index is -1.27. The van der Waals surface area contributed by atoms with E-state index in [-0.39, 0.29) is 18.4 Å². The lowest BCUT2D eigenvalue weighted by molar-refractivity contribution is -0.133. The summed E-state index contributed by atoms with van der Waals surface area (Å²) in [4.78, 5) is 25.3. The zero-order chi connectivity index (χ0) is 12.2. The van der Waals surface area contributed by atoms with Crippen LogP contribution < -0.4 is 0 Å². The molecule has 0 aromatic heterocycles. The molecule has 16 heavy (non-hydrogen) atoms. The van der Waals surface area contributed by atoms with Crippen molar-refractivity contribution in [2.75, 3.05) is 0 Å². The molecule has 1 rings (SSSR count). The molecule has 0 aromatic rings. The summed E-state index contributed by atoms with van der Waals surface area (Å²) in [5, 5.41) is 21.0. The molecule has 1 aliphatic carbocycles. The van der Waals surface area contributed by atoms with Crippen LogP contribution in [-0.2, 0) is 9.63 Å². The minimum absolute atomic E-state index is 0.0140. The molecule has 88 valence electrons. The van der Waals surface area contributed by atoms with Gasteiger partial charge in [-0.25, -0.2) is 4.79 Å². The third-order valence-electron chi connectivity index (χ3n) is 2.27. The molecule has 0 amide bonds. The first-order valence-electron chi connectivity index (χ1n) is 4.77. The van der Waals surface area contributed by atoms with Gasteiger partial charge in [-0.2, -0.15) is 0 Å². The molecule has 6 nitrogen and oxygen atoms in total. The number of hydrogen-bond acceptors (Lipinski definition) is 5. The van der Waals surface area contributed by atoms with Crippen molar-refractivity contribution in [1.82, 2.24) is 0 Å². The summed E-state index contributed by atoms with van der Waals surface area (Å²) in [7, 11) is 0. The monoisotopic (exact) mass is 227 g/mol. The Labute approximate surface area is 92.2 Å². The van der Waals surface area contributed by atoms with Crippen molar-refractivity contribution in [2.24, 2.45) is 5.34 Å². The Morgan fingerprint density at radius 1 is 1.69 bits per heavy atom. The molecular weight excluding hydrogens is 214 g/mol. The number of nitrogens with zero attached hydrogens (tertiary/aromatic N) is 1. The maximum Gasteiger partial charge on any atom is 0.331 e. The van der Waals surface area contributed by atoms with Crippen molar-refractivity contribution >= 4 is 5.97 Å². The highest BCUT2D eigenvalue weighted by molar-refractivity contribution is 5.86. The largest absolute Gasteiger partial charge is 0.478 e. The number of carbonyl (C=O) groups is 1. The Kier molecular flexibility index (Phi) is 3.78. The molecule has 1 unspecified atom stereocenters. The molecule has 0 radical (unpaired) electrons. The maximum atomic E-state index is 10.8. The summed E-state index contributed by atoms with van der Waals surface area (Å²) < 4.78 is 0. The number of aliphatic carboxylic acids is 1. The van der Waals surface area contributed by atoms with Crippen LogP contribution in [0.3, 0.4) is 0 Å². The molecule has 0 aromatic carbocycles. The summed E-state index contributed by atoms with van der Waals surface area (Å²) in [6.45, 7) is 1.48. The molecular formula is C10H13NO5. The first kappa shape index (κ1) is 12.4. The molecule has 0 saturated heterocycles. The second-order valence-electron chi connectivity index (χ2n) is 3.88. The van der Waals surface area contributed by atoms with E-state index < -0.39 is 17.7 Å². The molecule has 2 N–H and O–H groups in total. The smallest absolute Gasteiger partial charge is 0.331 e. The highest BCUT2D eigenvalue weighted by Gasteiger charge is 2.25. The van der Waals surface area contributed by atoms with E-state index in [1.54, 1.807) is 0 Å². The molecule has 2 atom stereocenters. The van der Waals surface area contributed by atoms with Gasteiger partial charge < -0.3 is 15.1 Å². The number of carboxylic acid groups (broad SMARTS) is 1. The first-order valence-corrected chi connectivity index (χ1v) is 4.77. The van der Waals surface area contributed by atoms with Gasteiger partial charge in [0, 0.05) is 18.4 Å². The summed E-state index contributed by atoms with van der Waals surface area (Å²) in [5.41, 5.74) is -1.18. The number of aliphatic hydroxyl groups is 1. The Balaban J connectivity index is 2.90. The molecule has 0 spiro atoms. The standard InChI is InChI=1S/C10H13NO5/c1-10(14)5-4-8(16-11-15)3-2-7(6-10)9(12)13/h2,4-5,8,14H,3,6H2,1H3,(H,12,13)/t8?,10-/m0/s1. The number of hydrogen-bond donors (Lipinski definition) is 2. The van der Waals surface area contributed by atoms with Crippen LogP contribution in [0.1, 0.15) is 19.8 Å². The molecule has 6 heteroatoms. The second-order valence-corrected chi connectivity index (χ2v) is 3.88. The van der Waals surface area contributed by atoms with Gasteiger partial charge in [0.2, 0.25) is 0 Å². The van der Waals surface area contributed by atoms with Crippen LogP contribution in [0.5, 0.6) is 0 Å². The van der Waals surface area contributed by atoms with E-state index in [4.69, 9.17) is 5.11 Å². The third-order valence-corrected chi connectivity index (χ3v) is 2.27. The number of rotatable bonds is 3. The Morgan fingerprint density at radius 2 is 2.38 bits per heavy atom. The van der Waals surface area contributed by atoms with Gasteiger partial charge in [-0.1, -0.05) is 12.2 Å². The van der Waals surface area contributed by atoms with E-state index in [9.17, 15) is 14.8 Å². The van der Waals surface area contributed by atoms with Gasteiger partial charge in [-0.15, -0.1) is 4.91 Å². The average Bonchev–Trinajstić information content (AvgIpc) is 2.17.